The van der Waals surface area contributed by atoms with Crippen LogP contribution in [-0.4, -0.2) is 64.6 Å². The van der Waals surface area contributed by atoms with E-state index in [2.05, 4.69) is 0 Å². The molecule has 1 aliphatic heterocycles. The highest BCUT2D eigenvalue weighted by Crippen LogP contribution is 2.41. The molecule has 0 bridgehead atoms. The van der Waals surface area contributed by atoms with Gasteiger partial charge in [-0.05, 0) is 54.8 Å². The molecule has 1 amide bonds. The maximum Gasteiger partial charge on any atom is 0.295 e. The number of carbonyl (C=O) groups is 2. The van der Waals surface area contributed by atoms with E-state index in [9.17, 15) is 14.7 Å². The first-order valence-electron chi connectivity index (χ1n) is 11.2. The van der Waals surface area contributed by atoms with Gasteiger partial charge >= 0.3 is 0 Å². The van der Waals surface area contributed by atoms with Gasteiger partial charge in [-0.25, -0.2) is 0 Å². The molecule has 0 saturated carbocycles. The van der Waals surface area contributed by atoms with Gasteiger partial charge in [0, 0.05) is 5.57 Å². The monoisotopic (exact) mass is 468 g/mol. The number of methoxy groups -OCH3 is 2. The van der Waals surface area contributed by atoms with Gasteiger partial charge in [-0.1, -0.05) is 17.9 Å². The largest absolute Gasteiger partial charge is 0.872 e. The van der Waals surface area contributed by atoms with Crippen LogP contribution in [0.25, 0.3) is 5.76 Å². The minimum Gasteiger partial charge on any atom is -0.872 e. The van der Waals surface area contributed by atoms with Crippen molar-refractivity contribution in [3.8, 4) is 17.2 Å². The number of hydrogen-bond acceptors (Lipinski definition) is 6. The molecule has 34 heavy (non-hydrogen) atoms. The van der Waals surface area contributed by atoms with Gasteiger partial charge in [0.15, 0.2) is 11.5 Å². The Bertz CT molecular complexity index is 1110. The van der Waals surface area contributed by atoms with Crippen LogP contribution in [0.2, 0.25) is 0 Å². The van der Waals surface area contributed by atoms with Crippen molar-refractivity contribution in [2.45, 2.75) is 19.9 Å². The van der Waals surface area contributed by atoms with E-state index in [0.29, 0.717) is 53.6 Å². The lowest BCUT2D eigenvalue weighted by atomic mass is 9.93. The van der Waals surface area contributed by atoms with Crippen molar-refractivity contribution in [2.24, 2.45) is 0 Å². The molecule has 1 N–H and O–H groups in total. The normalized spacial score (nSPS) is 17.4. The SMILES string of the molecule is CCOc1ccc(C2C(=C([O-])c3ccc(OC)cc3C)C(=O)C(=O)N2CC[NH+](C)C)cc1OC. The number of quaternary nitrogens is 1. The second-order valence-corrected chi connectivity index (χ2v) is 8.45. The summed E-state index contributed by atoms with van der Waals surface area (Å²) in [5.41, 5.74) is 1.58. The molecule has 0 spiro atoms. The molecule has 0 radical (unpaired) electrons. The van der Waals surface area contributed by atoms with Gasteiger partial charge in [-0.15, -0.1) is 0 Å². The van der Waals surface area contributed by atoms with Gasteiger partial charge in [-0.2, -0.15) is 0 Å². The van der Waals surface area contributed by atoms with Crippen molar-refractivity contribution in [1.82, 2.24) is 4.90 Å². The summed E-state index contributed by atoms with van der Waals surface area (Å²) >= 11 is 0. The molecule has 0 aliphatic carbocycles. The summed E-state index contributed by atoms with van der Waals surface area (Å²) in [5.74, 6) is -0.280. The van der Waals surface area contributed by atoms with Crippen molar-refractivity contribution in [3.05, 3.63) is 58.7 Å². The average Bonchev–Trinajstić information content (AvgIpc) is 3.07. The van der Waals surface area contributed by atoms with Gasteiger partial charge in [0.1, 0.15) is 5.75 Å². The third-order valence-electron chi connectivity index (χ3n) is 5.86. The number of hydrogen-bond donors (Lipinski definition) is 1. The fraction of sp³-hybridized carbons (Fsp3) is 0.385. The maximum atomic E-state index is 13.7. The fourth-order valence-corrected chi connectivity index (χ4v) is 4.08. The Morgan fingerprint density at radius 1 is 1.06 bits per heavy atom. The molecule has 3 rings (SSSR count). The zero-order chi connectivity index (χ0) is 25.0. The van der Waals surface area contributed by atoms with Crippen LogP contribution >= 0.6 is 0 Å². The highest BCUT2D eigenvalue weighted by Gasteiger charge is 2.44. The lowest BCUT2D eigenvalue weighted by Crippen LogP contribution is -3.06. The van der Waals surface area contributed by atoms with Crippen LogP contribution in [0.1, 0.15) is 29.7 Å². The van der Waals surface area contributed by atoms with E-state index in [1.807, 2.05) is 21.0 Å². The van der Waals surface area contributed by atoms with Gasteiger partial charge in [0.25, 0.3) is 5.91 Å². The molecule has 1 saturated heterocycles. The predicted molar refractivity (Wildman–Crippen MR) is 126 cm³/mol. The van der Waals surface area contributed by atoms with Crippen molar-refractivity contribution < 1.29 is 33.8 Å². The Morgan fingerprint density at radius 2 is 1.79 bits per heavy atom. The minimum absolute atomic E-state index is 0.0572. The second kappa shape index (κ2) is 10.6. The van der Waals surface area contributed by atoms with Crippen LogP contribution in [-0.2, 0) is 9.59 Å². The van der Waals surface area contributed by atoms with E-state index >= 15 is 0 Å². The minimum atomic E-state index is -0.821. The number of likely N-dealkylation sites (N-methyl/N-ethyl adjacent to an activating group) is 1. The topological polar surface area (TPSA) is 92.6 Å². The van der Waals surface area contributed by atoms with Crippen molar-refractivity contribution >= 4 is 17.4 Å². The molecule has 1 heterocycles. The number of ketones is 1. The number of ether oxygens (including phenoxy) is 3. The third kappa shape index (κ3) is 4.87. The number of carbonyl (C=O) groups excluding carboxylic acids is 2. The van der Waals surface area contributed by atoms with E-state index in [-0.39, 0.29) is 5.57 Å². The zero-order valence-electron chi connectivity index (χ0n) is 20.6. The van der Waals surface area contributed by atoms with Crippen LogP contribution in [0, 0.1) is 6.92 Å². The van der Waals surface area contributed by atoms with E-state index in [0.717, 1.165) is 4.90 Å². The Morgan fingerprint density at radius 3 is 2.38 bits per heavy atom. The number of Topliss-reactive ketones (excluding diaryl/α,β-unsaturated/α-hetero) is 1. The number of likely N-dealkylation sites (tertiary alicyclic amines) is 1. The quantitative estimate of drug-likeness (QED) is 0.332. The molecule has 2 aromatic rings. The molecule has 8 heteroatoms. The number of benzene rings is 2. The highest BCUT2D eigenvalue weighted by molar-refractivity contribution is 6.46. The highest BCUT2D eigenvalue weighted by atomic mass is 16.5. The Labute approximate surface area is 200 Å². The van der Waals surface area contributed by atoms with Crippen LogP contribution < -0.4 is 24.2 Å². The van der Waals surface area contributed by atoms with Gasteiger partial charge < -0.3 is 29.1 Å². The summed E-state index contributed by atoms with van der Waals surface area (Å²) in [6.45, 7) is 5.05. The van der Waals surface area contributed by atoms with Crippen molar-refractivity contribution in [3.63, 3.8) is 0 Å². The molecule has 1 atom stereocenters. The summed E-state index contributed by atoms with van der Waals surface area (Å²) in [6.07, 6.45) is 0. The van der Waals surface area contributed by atoms with Crippen LogP contribution in [0.4, 0.5) is 0 Å². The Kier molecular flexibility index (Phi) is 7.83. The summed E-state index contributed by atoms with van der Waals surface area (Å²) in [6, 6.07) is 9.45. The summed E-state index contributed by atoms with van der Waals surface area (Å²) in [5, 5.41) is 13.7. The summed E-state index contributed by atoms with van der Waals surface area (Å²) < 4.78 is 16.3. The second-order valence-electron chi connectivity index (χ2n) is 8.45. The fourth-order valence-electron chi connectivity index (χ4n) is 4.08. The lowest BCUT2D eigenvalue weighted by molar-refractivity contribution is -0.857. The molecule has 1 aliphatic rings. The smallest absolute Gasteiger partial charge is 0.295 e. The number of nitrogens with one attached hydrogen (secondary N) is 1. The van der Waals surface area contributed by atoms with Gasteiger partial charge in [0.2, 0.25) is 5.78 Å². The summed E-state index contributed by atoms with van der Waals surface area (Å²) in [4.78, 5) is 28.9. The molecular formula is C26H32N2O6. The standard InChI is InChI=1S/C26H32N2O6/c1-7-34-20-11-8-17(15-21(20)33-6)23-22(25(30)26(31)28(23)13-12-27(3)4)24(29)19-10-9-18(32-5)14-16(19)2/h8-11,14-15,23,29H,7,12-13H2,1-6H3. The molecule has 0 aromatic heterocycles. The molecule has 8 nitrogen and oxygen atoms in total. The van der Waals surface area contributed by atoms with Gasteiger partial charge in [0.05, 0.1) is 54.1 Å². The Hall–Kier alpha value is -3.52. The zero-order valence-corrected chi connectivity index (χ0v) is 20.6. The lowest BCUT2D eigenvalue weighted by Gasteiger charge is -2.28. The number of rotatable bonds is 9. The van der Waals surface area contributed by atoms with Crippen molar-refractivity contribution in [2.75, 3.05) is 48.0 Å². The number of amides is 1. The third-order valence-corrected chi connectivity index (χ3v) is 5.86. The first-order valence-corrected chi connectivity index (χ1v) is 11.2. The first-order chi connectivity index (χ1) is 16.2. The van der Waals surface area contributed by atoms with Crippen LogP contribution in [0.15, 0.2) is 42.0 Å². The molecule has 182 valence electrons. The molecule has 1 fully saturated rings. The van der Waals surface area contributed by atoms with E-state index < -0.39 is 23.5 Å². The number of aryl methyl sites for hydroxylation is 1. The average molecular weight is 469 g/mol. The van der Waals surface area contributed by atoms with Crippen LogP contribution in [0.3, 0.4) is 0 Å². The van der Waals surface area contributed by atoms with E-state index in [4.69, 9.17) is 14.2 Å². The number of nitrogens with zero attached hydrogens (tertiary/aromatic N) is 1. The Balaban J connectivity index is 2.20. The van der Waals surface area contributed by atoms with Gasteiger partial charge in [-0.3, -0.25) is 9.59 Å². The molecule has 2 aromatic carbocycles. The van der Waals surface area contributed by atoms with E-state index in [1.165, 1.54) is 12.0 Å². The van der Waals surface area contributed by atoms with Crippen LogP contribution in [0.5, 0.6) is 17.2 Å². The molecular weight excluding hydrogens is 436 g/mol. The molecule has 1 unspecified atom stereocenters. The maximum absolute atomic E-state index is 13.7. The van der Waals surface area contributed by atoms with Crippen molar-refractivity contribution in [1.29, 1.82) is 0 Å². The van der Waals surface area contributed by atoms with E-state index in [1.54, 1.807) is 50.4 Å². The first kappa shape index (κ1) is 25.1. The predicted octanol–water partition coefficient (Wildman–Crippen LogP) is 0.779. The summed E-state index contributed by atoms with van der Waals surface area (Å²) in [7, 11) is 7.00.